The summed E-state index contributed by atoms with van der Waals surface area (Å²) in [6.45, 7) is 6.35. The van der Waals surface area contributed by atoms with Crippen LogP contribution in [0.3, 0.4) is 0 Å². The second-order valence-electron chi connectivity index (χ2n) is 6.38. The molecule has 2 aliphatic rings. The van der Waals surface area contributed by atoms with Crippen LogP contribution in [0.25, 0.3) is 0 Å². The van der Waals surface area contributed by atoms with E-state index in [-0.39, 0.29) is 6.61 Å². The highest BCUT2D eigenvalue weighted by molar-refractivity contribution is 4.85. The average Bonchev–Trinajstić information content (AvgIpc) is 2.33. The van der Waals surface area contributed by atoms with E-state index in [2.05, 4.69) is 13.8 Å². The van der Waals surface area contributed by atoms with Gasteiger partial charge in [-0.05, 0) is 42.9 Å². The quantitative estimate of drug-likeness (QED) is 0.741. The maximum absolute atomic E-state index is 11.2. The van der Waals surface area contributed by atoms with Crippen molar-refractivity contribution in [2.24, 2.45) is 29.6 Å². The molecular formula is C15H27O2-. The number of fused-ring (bicyclic) bond motifs is 1. The predicted molar refractivity (Wildman–Crippen MR) is 67.6 cm³/mol. The zero-order chi connectivity index (χ0) is 12.3. The van der Waals surface area contributed by atoms with Crippen LogP contribution in [-0.4, -0.2) is 19.8 Å². The first-order valence-electron chi connectivity index (χ1n) is 7.38. The van der Waals surface area contributed by atoms with E-state index in [4.69, 9.17) is 4.74 Å². The molecule has 1 aliphatic carbocycles. The second-order valence-corrected chi connectivity index (χ2v) is 6.38. The van der Waals surface area contributed by atoms with Crippen LogP contribution in [0.15, 0.2) is 0 Å². The standard InChI is InChI=1S/C15H27O2/c1-11-6-7-13-4-3-5-14(12(2)8-16)15(13)10-17-9-11/h11-15H,3-10H2,1-2H3/q-1/t11?,12-,13+,14-,15?/m0/s1. The molecule has 0 aromatic rings. The zero-order valence-electron chi connectivity index (χ0n) is 11.4. The van der Waals surface area contributed by atoms with E-state index in [1.165, 1.54) is 32.1 Å². The van der Waals surface area contributed by atoms with Crippen molar-refractivity contribution in [2.75, 3.05) is 19.8 Å². The van der Waals surface area contributed by atoms with Crippen molar-refractivity contribution in [3.8, 4) is 0 Å². The summed E-state index contributed by atoms with van der Waals surface area (Å²) in [5.74, 6) is 3.17. The highest BCUT2D eigenvalue weighted by atomic mass is 16.5. The second kappa shape index (κ2) is 6.19. The van der Waals surface area contributed by atoms with Gasteiger partial charge in [-0.3, -0.25) is 0 Å². The molecule has 5 atom stereocenters. The molecule has 0 aromatic carbocycles. The first kappa shape index (κ1) is 13.4. The van der Waals surface area contributed by atoms with Gasteiger partial charge in [0.25, 0.3) is 0 Å². The Bertz CT molecular complexity index is 229. The van der Waals surface area contributed by atoms with Crippen molar-refractivity contribution in [1.29, 1.82) is 0 Å². The van der Waals surface area contributed by atoms with Crippen LogP contribution in [0, 0.1) is 29.6 Å². The largest absolute Gasteiger partial charge is 0.854 e. The molecule has 2 fully saturated rings. The van der Waals surface area contributed by atoms with E-state index in [1.807, 2.05) is 0 Å². The first-order chi connectivity index (χ1) is 8.22. The molecule has 2 rings (SSSR count). The Morgan fingerprint density at radius 3 is 2.76 bits per heavy atom. The van der Waals surface area contributed by atoms with Crippen LogP contribution in [0.1, 0.15) is 46.0 Å². The van der Waals surface area contributed by atoms with Gasteiger partial charge < -0.3 is 9.84 Å². The fourth-order valence-corrected chi connectivity index (χ4v) is 3.83. The van der Waals surface area contributed by atoms with Gasteiger partial charge >= 0.3 is 0 Å². The molecule has 0 aromatic heterocycles. The SMILES string of the molecule is CC1CC[C@H]2CCC[C@@H]([C@@H](C)C[O-])C2COC1. The van der Waals surface area contributed by atoms with Gasteiger partial charge in [-0.25, -0.2) is 0 Å². The molecule has 0 radical (unpaired) electrons. The van der Waals surface area contributed by atoms with Crippen LogP contribution in [0.5, 0.6) is 0 Å². The van der Waals surface area contributed by atoms with Crippen LogP contribution >= 0.6 is 0 Å². The van der Waals surface area contributed by atoms with Crippen LogP contribution in [-0.2, 0) is 4.74 Å². The minimum Gasteiger partial charge on any atom is -0.854 e. The molecule has 0 bridgehead atoms. The van der Waals surface area contributed by atoms with Crippen LogP contribution < -0.4 is 5.11 Å². The molecule has 0 amide bonds. The third-order valence-electron chi connectivity index (χ3n) is 5.00. The lowest BCUT2D eigenvalue weighted by Gasteiger charge is -2.43. The smallest absolute Gasteiger partial charge is 0.0499 e. The maximum atomic E-state index is 11.2. The molecular weight excluding hydrogens is 212 g/mol. The van der Waals surface area contributed by atoms with Gasteiger partial charge in [0.1, 0.15) is 0 Å². The monoisotopic (exact) mass is 239 g/mol. The Morgan fingerprint density at radius 1 is 1.18 bits per heavy atom. The minimum atomic E-state index is 0.0876. The number of rotatable bonds is 2. The van der Waals surface area contributed by atoms with Crippen molar-refractivity contribution < 1.29 is 9.84 Å². The Hall–Kier alpha value is -0.0800. The molecule has 100 valence electrons. The number of hydrogen-bond donors (Lipinski definition) is 0. The van der Waals surface area contributed by atoms with Crippen molar-refractivity contribution >= 4 is 0 Å². The molecule has 0 spiro atoms. The summed E-state index contributed by atoms with van der Waals surface area (Å²) in [7, 11) is 0. The molecule has 1 saturated heterocycles. The molecule has 2 unspecified atom stereocenters. The van der Waals surface area contributed by atoms with E-state index < -0.39 is 0 Å². The van der Waals surface area contributed by atoms with Gasteiger partial charge in [-0.1, -0.05) is 32.6 Å². The van der Waals surface area contributed by atoms with Crippen molar-refractivity contribution in [1.82, 2.24) is 0 Å². The highest BCUT2D eigenvalue weighted by Crippen LogP contribution is 2.42. The summed E-state index contributed by atoms with van der Waals surface area (Å²) in [6, 6.07) is 0. The third kappa shape index (κ3) is 3.23. The number of ether oxygens (including phenoxy) is 1. The normalized spacial score (nSPS) is 41.1. The molecule has 1 heterocycles. The molecule has 0 N–H and O–H groups in total. The molecule has 2 heteroatoms. The third-order valence-corrected chi connectivity index (χ3v) is 5.00. The summed E-state index contributed by atoms with van der Waals surface area (Å²) < 4.78 is 5.88. The summed E-state index contributed by atoms with van der Waals surface area (Å²) in [4.78, 5) is 0. The maximum Gasteiger partial charge on any atom is 0.0499 e. The Labute approximate surface area is 106 Å². The van der Waals surface area contributed by atoms with E-state index in [0.717, 1.165) is 19.1 Å². The van der Waals surface area contributed by atoms with E-state index in [9.17, 15) is 5.11 Å². The Balaban J connectivity index is 2.01. The topological polar surface area (TPSA) is 32.3 Å². The van der Waals surface area contributed by atoms with Gasteiger partial charge in [0.2, 0.25) is 0 Å². The molecule has 1 aliphatic heterocycles. The van der Waals surface area contributed by atoms with Gasteiger partial charge in [-0.2, -0.15) is 0 Å². The summed E-state index contributed by atoms with van der Waals surface area (Å²) in [6.07, 6.45) is 6.60. The molecule has 17 heavy (non-hydrogen) atoms. The minimum absolute atomic E-state index is 0.0876. The average molecular weight is 239 g/mol. The summed E-state index contributed by atoms with van der Waals surface area (Å²) in [5.41, 5.74) is 0. The van der Waals surface area contributed by atoms with Crippen molar-refractivity contribution in [3.63, 3.8) is 0 Å². The molecule has 2 nitrogen and oxygen atoms in total. The van der Waals surface area contributed by atoms with Gasteiger partial charge in [0.05, 0.1) is 0 Å². The van der Waals surface area contributed by atoms with E-state index in [1.54, 1.807) is 0 Å². The fraction of sp³-hybridized carbons (Fsp3) is 1.00. The lowest BCUT2D eigenvalue weighted by Crippen LogP contribution is -2.39. The van der Waals surface area contributed by atoms with Crippen LogP contribution in [0.2, 0.25) is 0 Å². The Kier molecular flexibility index (Phi) is 4.87. The Morgan fingerprint density at radius 2 is 2.00 bits per heavy atom. The van der Waals surface area contributed by atoms with Crippen molar-refractivity contribution in [3.05, 3.63) is 0 Å². The summed E-state index contributed by atoms with van der Waals surface area (Å²) >= 11 is 0. The molecule has 1 saturated carbocycles. The zero-order valence-corrected chi connectivity index (χ0v) is 11.4. The van der Waals surface area contributed by atoms with Gasteiger partial charge in [0.15, 0.2) is 0 Å². The predicted octanol–water partition coefficient (Wildman–Crippen LogP) is 2.46. The summed E-state index contributed by atoms with van der Waals surface area (Å²) in [5, 5.41) is 11.2. The first-order valence-corrected chi connectivity index (χ1v) is 7.38. The lowest BCUT2D eigenvalue weighted by molar-refractivity contribution is -0.382. The highest BCUT2D eigenvalue weighted by Gasteiger charge is 2.35. The van der Waals surface area contributed by atoms with Crippen LogP contribution in [0.4, 0.5) is 0 Å². The lowest BCUT2D eigenvalue weighted by atomic mass is 9.66. The van der Waals surface area contributed by atoms with Gasteiger partial charge in [0, 0.05) is 13.2 Å². The van der Waals surface area contributed by atoms with E-state index in [0.29, 0.717) is 23.7 Å². The fourth-order valence-electron chi connectivity index (χ4n) is 3.83. The van der Waals surface area contributed by atoms with E-state index >= 15 is 0 Å². The van der Waals surface area contributed by atoms with Gasteiger partial charge in [-0.15, -0.1) is 6.61 Å². The number of hydrogen-bond acceptors (Lipinski definition) is 2. The van der Waals surface area contributed by atoms with Crippen molar-refractivity contribution in [2.45, 2.75) is 46.0 Å².